The predicted octanol–water partition coefficient (Wildman–Crippen LogP) is 11.4. The highest BCUT2D eigenvalue weighted by Gasteiger charge is 2.31. The Balaban J connectivity index is 0.000000413. The van der Waals surface area contributed by atoms with Crippen molar-refractivity contribution in [3.63, 3.8) is 0 Å². The number of nitro benzene ring substituents is 3. The smallest absolute Gasteiger partial charge is 0.407 e. The monoisotopic (exact) mass is 1340 g/mol. The zero-order chi connectivity index (χ0) is 70.1. The Bertz CT molecular complexity index is 3290. The van der Waals surface area contributed by atoms with Gasteiger partial charge >= 0.3 is 18.3 Å². The number of nitrogens with two attached hydrogens (primary N) is 1. The van der Waals surface area contributed by atoms with Gasteiger partial charge in [0, 0.05) is 112 Å². The van der Waals surface area contributed by atoms with Crippen LogP contribution in [-0.4, -0.2) is 162 Å². The molecular weight excluding hydrogens is 1240 g/mol. The SMILES string of the molecule is C.CC(=O)c1ccc(Cl)c([N+](=O)[O-])c1.CC(C)(C)OC(=O)N[C@@H]1CCCNC1.CNc1ccc(C(=O)N2CCC[C@@H](NC(=O)OC(C)(C)C)C2)cc1N.CNc1ccc(C(=O)N2CCC[C@@H](NC(=O)OC(C)(C)C)C2)cc1[N+](=O)[O-].CNc1ccc(C(C)=O)cc1[N+](=O)[O-]. The fraction of sp³-hybridized carbons (Fsp3) is 0.516. The number of benzene rings is 4. The maximum atomic E-state index is 12.8. The van der Waals surface area contributed by atoms with E-state index < -0.39 is 43.8 Å². The van der Waals surface area contributed by atoms with Crippen molar-refractivity contribution in [2.24, 2.45) is 0 Å². The summed E-state index contributed by atoms with van der Waals surface area (Å²) in [6, 6.07) is 17.8. The molecule has 5 amide bonds. The summed E-state index contributed by atoms with van der Waals surface area (Å²) in [6.07, 6.45) is 3.98. The summed E-state index contributed by atoms with van der Waals surface area (Å²) in [5.74, 6) is -0.781. The lowest BCUT2D eigenvalue weighted by molar-refractivity contribution is -0.384. The molecule has 3 aliphatic heterocycles. The maximum absolute atomic E-state index is 12.8. The van der Waals surface area contributed by atoms with Crippen molar-refractivity contribution >= 4 is 93.1 Å². The maximum Gasteiger partial charge on any atom is 0.407 e. The number of likely N-dealkylation sites (tertiary alicyclic amines) is 2. The number of amides is 5. The molecule has 3 heterocycles. The lowest BCUT2D eigenvalue weighted by Crippen LogP contribution is -2.50. The van der Waals surface area contributed by atoms with Crippen molar-refractivity contribution in [2.45, 2.75) is 157 Å². The first-order valence-electron chi connectivity index (χ1n) is 30.1. The number of nitro groups is 3. The molecule has 4 aromatic rings. The van der Waals surface area contributed by atoms with Gasteiger partial charge in [-0.05, 0) is 176 Å². The molecule has 0 spiro atoms. The van der Waals surface area contributed by atoms with Gasteiger partial charge in [0.05, 0.1) is 26.1 Å². The van der Waals surface area contributed by atoms with E-state index in [2.05, 4.69) is 37.2 Å². The summed E-state index contributed by atoms with van der Waals surface area (Å²) in [4.78, 5) is 116. The van der Waals surface area contributed by atoms with Crippen LogP contribution in [0.2, 0.25) is 5.02 Å². The van der Waals surface area contributed by atoms with Gasteiger partial charge in [0.1, 0.15) is 33.2 Å². The average molecular weight is 1340 g/mol. The number of hydrogen-bond donors (Lipinski definition) is 8. The van der Waals surface area contributed by atoms with Gasteiger partial charge in [0.15, 0.2) is 11.6 Å². The second kappa shape index (κ2) is 37.4. The van der Waals surface area contributed by atoms with Gasteiger partial charge in [0.25, 0.3) is 28.9 Å². The van der Waals surface area contributed by atoms with Crippen LogP contribution in [0.3, 0.4) is 0 Å². The number of rotatable bonds is 13. The largest absolute Gasteiger partial charge is 0.444 e. The number of nitrogen functional groups attached to an aromatic ring is 1. The standard InChI is InChI=1S/C18H26N4O5.C18H28N4O3.C10H20N2O2.C9H10N2O3.C8H6ClNO3.CH4/c1-18(2,3)27-17(24)20-13-6-5-9-21(11-13)16(23)12-7-8-14(19-4)15(10-12)22(25)26;1-18(2,3)25-17(24)21-13-6-5-9-22(11-13)16(23)12-7-8-15(20-4)14(19)10-12;1-10(2,3)14-9(13)12-8-5-4-6-11-7-8;1-6(12)7-3-4-8(10-2)9(5-7)11(13)14;1-5(11)6-2-3-7(9)8(4-6)10(12)13;/h7-8,10,13,19H,5-6,9,11H2,1-4H3,(H,20,24);7-8,10,13,20H,5-6,9,11,19H2,1-4H3,(H,21,24);8,11H,4-7H2,1-3H3,(H,12,13);3-5,10H,1-2H3;2-4H,1H3;1H4/t2*13-;8-;;;/m111.../s1. The number of halogens is 1. The molecule has 3 aliphatic rings. The molecular formula is C64H94ClN13O16. The third-order valence-corrected chi connectivity index (χ3v) is 13.9. The number of nitrogens with zero attached hydrogens (tertiary/aromatic N) is 5. The number of ether oxygens (including phenoxy) is 3. The van der Waals surface area contributed by atoms with Crippen LogP contribution in [0.5, 0.6) is 0 Å². The van der Waals surface area contributed by atoms with E-state index in [4.69, 9.17) is 31.5 Å². The second-order valence-electron chi connectivity index (χ2n) is 24.7. The molecule has 30 heteroatoms. The zero-order valence-electron chi connectivity index (χ0n) is 55.4. The van der Waals surface area contributed by atoms with Gasteiger partial charge in [0.2, 0.25) is 0 Å². The van der Waals surface area contributed by atoms with Gasteiger partial charge in [-0.3, -0.25) is 49.5 Å². The van der Waals surface area contributed by atoms with E-state index in [-0.39, 0.29) is 88.2 Å². The number of anilines is 4. The highest BCUT2D eigenvalue weighted by Crippen LogP contribution is 2.29. The zero-order valence-corrected chi connectivity index (χ0v) is 56.1. The van der Waals surface area contributed by atoms with Crippen LogP contribution in [0.1, 0.15) is 164 Å². The quantitative estimate of drug-likeness (QED) is 0.0203. The summed E-state index contributed by atoms with van der Waals surface area (Å²) in [5, 5.41) is 52.4. The Morgan fingerprint density at radius 1 is 0.521 bits per heavy atom. The summed E-state index contributed by atoms with van der Waals surface area (Å²) >= 11 is 5.54. The molecule has 0 bridgehead atoms. The van der Waals surface area contributed by atoms with Gasteiger partial charge < -0.3 is 67.0 Å². The molecule has 29 nitrogen and oxygen atoms in total. The third-order valence-electron chi connectivity index (χ3n) is 13.6. The Morgan fingerprint density at radius 3 is 1.21 bits per heavy atom. The van der Waals surface area contributed by atoms with Crippen LogP contribution in [0.15, 0.2) is 72.8 Å². The first-order valence-corrected chi connectivity index (χ1v) is 30.5. The van der Waals surface area contributed by atoms with Crippen LogP contribution in [0, 0.1) is 30.3 Å². The van der Waals surface area contributed by atoms with Crippen molar-refractivity contribution in [1.82, 2.24) is 31.1 Å². The summed E-state index contributed by atoms with van der Waals surface area (Å²) in [6.45, 7) is 23.0. The van der Waals surface area contributed by atoms with E-state index in [1.807, 2.05) is 41.5 Å². The first-order chi connectivity index (χ1) is 43.3. The molecule has 3 fully saturated rings. The van der Waals surface area contributed by atoms with Gasteiger partial charge in [-0.15, -0.1) is 0 Å². The Labute approximate surface area is 554 Å². The fourth-order valence-corrected chi connectivity index (χ4v) is 9.44. The van der Waals surface area contributed by atoms with Crippen LogP contribution in [0.4, 0.5) is 54.2 Å². The van der Waals surface area contributed by atoms with Crippen molar-refractivity contribution in [1.29, 1.82) is 0 Å². The number of ketones is 2. The first kappa shape index (κ1) is 80.7. The van der Waals surface area contributed by atoms with Crippen molar-refractivity contribution in [2.75, 3.05) is 82.1 Å². The van der Waals surface area contributed by atoms with E-state index in [0.29, 0.717) is 54.4 Å². The van der Waals surface area contributed by atoms with Gasteiger partial charge in [-0.1, -0.05) is 19.0 Å². The molecule has 0 aromatic heterocycles. The number of carbonyl (C=O) groups excluding carboxylic acids is 7. The molecule has 0 saturated carbocycles. The predicted molar refractivity (Wildman–Crippen MR) is 362 cm³/mol. The number of Topliss-reactive ketones (excluding diaryl/α,β-unsaturated/α-hetero) is 2. The average Bonchev–Trinajstić information content (AvgIpc) is 0.862. The van der Waals surface area contributed by atoms with Crippen LogP contribution in [0.25, 0.3) is 0 Å². The number of carbonyl (C=O) groups is 7. The number of nitrogens with one attached hydrogen (secondary N) is 7. The van der Waals surface area contributed by atoms with Crippen molar-refractivity contribution < 1.29 is 62.5 Å². The molecule has 3 atom stereocenters. The minimum Gasteiger partial charge on any atom is -0.444 e. The van der Waals surface area contributed by atoms with Crippen molar-refractivity contribution in [3.8, 4) is 0 Å². The van der Waals surface area contributed by atoms with Crippen LogP contribution in [-0.2, 0) is 14.2 Å². The van der Waals surface area contributed by atoms with E-state index in [0.717, 1.165) is 57.3 Å². The lowest BCUT2D eigenvalue weighted by Gasteiger charge is -2.33. The molecule has 7 rings (SSSR count). The molecule has 0 unspecified atom stereocenters. The third kappa shape index (κ3) is 28.2. The van der Waals surface area contributed by atoms with E-state index in [9.17, 15) is 63.9 Å². The molecule has 94 heavy (non-hydrogen) atoms. The number of piperidine rings is 3. The molecule has 4 aromatic carbocycles. The topological polar surface area (TPSA) is 393 Å². The van der Waals surface area contributed by atoms with E-state index in [1.165, 1.54) is 56.3 Å². The number of hydrogen-bond acceptors (Lipinski definition) is 21. The van der Waals surface area contributed by atoms with Crippen LogP contribution < -0.4 is 43.0 Å². The highest BCUT2D eigenvalue weighted by molar-refractivity contribution is 6.32. The van der Waals surface area contributed by atoms with Crippen LogP contribution >= 0.6 is 11.6 Å². The summed E-state index contributed by atoms with van der Waals surface area (Å²) in [5.41, 5.74) is 7.43. The van der Waals surface area contributed by atoms with E-state index >= 15 is 0 Å². The number of alkyl carbamates (subject to hydrolysis) is 3. The summed E-state index contributed by atoms with van der Waals surface area (Å²) in [7, 11) is 4.96. The minimum atomic E-state index is -0.616. The minimum absolute atomic E-state index is 0. The van der Waals surface area contributed by atoms with Gasteiger partial charge in [-0.25, -0.2) is 14.4 Å². The fourth-order valence-electron chi connectivity index (χ4n) is 9.26. The molecule has 518 valence electrons. The lowest BCUT2D eigenvalue weighted by atomic mass is 10.0. The molecule has 3 saturated heterocycles. The van der Waals surface area contributed by atoms with Crippen molar-refractivity contribution in [3.05, 3.63) is 130 Å². The highest BCUT2D eigenvalue weighted by atomic mass is 35.5. The second-order valence-corrected chi connectivity index (χ2v) is 25.1. The Hall–Kier alpha value is -9.38. The molecule has 0 radical (unpaired) electrons. The molecule has 9 N–H and O–H groups in total. The Kier molecular flexibility index (Phi) is 32.1. The van der Waals surface area contributed by atoms with Gasteiger partial charge in [-0.2, -0.15) is 0 Å². The van der Waals surface area contributed by atoms with E-state index in [1.54, 1.807) is 82.0 Å². The Morgan fingerprint density at radius 2 is 0.862 bits per heavy atom. The molecule has 0 aliphatic carbocycles. The normalized spacial score (nSPS) is 15.8. The summed E-state index contributed by atoms with van der Waals surface area (Å²) < 4.78 is 15.7.